The van der Waals surface area contributed by atoms with E-state index in [-0.39, 0.29) is 0 Å². The van der Waals surface area contributed by atoms with E-state index in [1.54, 1.807) is 12.1 Å². The molecule has 0 aliphatic carbocycles. The molecular formula is C23H38ClNO. The molecule has 0 bridgehead atoms. The summed E-state index contributed by atoms with van der Waals surface area (Å²) < 4.78 is 0. The number of carbonyl (C=O) groups is 1. The lowest BCUT2D eigenvalue weighted by Gasteiger charge is -2.07. The number of rotatable bonds is 17. The molecule has 26 heavy (non-hydrogen) atoms. The van der Waals surface area contributed by atoms with E-state index >= 15 is 0 Å². The highest BCUT2D eigenvalue weighted by atomic mass is 35.5. The van der Waals surface area contributed by atoms with Crippen LogP contribution in [0, 0.1) is 0 Å². The highest BCUT2D eigenvalue weighted by molar-refractivity contribution is 6.67. The molecule has 0 radical (unpaired) electrons. The lowest BCUT2D eigenvalue weighted by atomic mass is 10.0. The molecule has 0 aromatic heterocycles. The van der Waals surface area contributed by atoms with Gasteiger partial charge in [0.15, 0.2) is 0 Å². The highest BCUT2D eigenvalue weighted by Gasteiger charge is 2.00. The van der Waals surface area contributed by atoms with Crippen molar-refractivity contribution >= 4 is 22.5 Å². The molecule has 2 nitrogen and oxygen atoms in total. The van der Waals surface area contributed by atoms with Crippen molar-refractivity contribution < 1.29 is 4.79 Å². The summed E-state index contributed by atoms with van der Waals surface area (Å²) >= 11 is 5.44. The van der Waals surface area contributed by atoms with Gasteiger partial charge in [0.2, 0.25) is 0 Å². The molecule has 1 aromatic rings. The lowest BCUT2D eigenvalue weighted by Crippen LogP contribution is -2.01. The van der Waals surface area contributed by atoms with E-state index in [4.69, 9.17) is 11.6 Å². The van der Waals surface area contributed by atoms with Gasteiger partial charge in [0.1, 0.15) is 0 Å². The third-order valence-corrected chi connectivity index (χ3v) is 5.19. The second-order valence-corrected chi connectivity index (χ2v) is 7.72. The molecular weight excluding hydrogens is 342 g/mol. The number of nitrogens with one attached hydrogen (secondary N) is 1. The predicted octanol–water partition coefficient (Wildman–Crippen LogP) is 7.96. The first-order valence-corrected chi connectivity index (χ1v) is 11.2. The lowest BCUT2D eigenvalue weighted by molar-refractivity contribution is 0.108. The number of benzene rings is 1. The Kier molecular flexibility index (Phi) is 14.3. The van der Waals surface area contributed by atoms with Gasteiger partial charge in [-0.2, -0.15) is 0 Å². The van der Waals surface area contributed by atoms with Gasteiger partial charge in [-0.1, -0.05) is 90.4 Å². The summed E-state index contributed by atoms with van der Waals surface area (Å²) in [5.41, 5.74) is 1.61. The van der Waals surface area contributed by atoms with Gasteiger partial charge in [-0.05, 0) is 42.3 Å². The summed E-state index contributed by atoms with van der Waals surface area (Å²) in [4.78, 5) is 11.0. The van der Waals surface area contributed by atoms with E-state index in [9.17, 15) is 4.79 Å². The number of anilines is 1. The van der Waals surface area contributed by atoms with Gasteiger partial charge in [-0.3, -0.25) is 4.79 Å². The van der Waals surface area contributed by atoms with Gasteiger partial charge in [0.25, 0.3) is 5.24 Å². The molecule has 0 amide bonds. The average molecular weight is 380 g/mol. The zero-order chi connectivity index (χ0) is 18.9. The van der Waals surface area contributed by atoms with Crippen molar-refractivity contribution in [3.63, 3.8) is 0 Å². The minimum Gasteiger partial charge on any atom is -0.385 e. The second kappa shape index (κ2) is 16.2. The van der Waals surface area contributed by atoms with Crippen molar-refractivity contribution in [3.05, 3.63) is 29.8 Å². The molecule has 1 N–H and O–H groups in total. The van der Waals surface area contributed by atoms with Crippen LogP contribution < -0.4 is 5.32 Å². The molecule has 0 fully saturated rings. The van der Waals surface area contributed by atoms with E-state index in [1.807, 2.05) is 12.1 Å². The predicted molar refractivity (Wildman–Crippen MR) is 115 cm³/mol. The SMILES string of the molecule is CCCCCCCCCCCCCCCCNc1ccc(C(=O)Cl)cc1. The molecule has 1 rings (SSSR count). The molecule has 0 spiro atoms. The van der Waals surface area contributed by atoms with Gasteiger partial charge in [-0.15, -0.1) is 0 Å². The van der Waals surface area contributed by atoms with Crippen LogP contribution >= 0.6 is 11.6 Å². The zero-order valence-corrected chi connectivity index (χ0v) is 17.5. The molecule has 0 aliphatic rings. The van der Waals surface area contributed by atoms with Crippen LogP contribution in [0.4, 0.5) is 5.69 Å². The minimum absolute atomic E-state index is 0.400. The largest absolute Gasteiger partial charge is 0.385 e. The van der Waals surface area contributed by atoms with Crippen LogP contribution in [0.15, 0.2) is 24.3 Å². The van der Waals surface area contributed by atoms with Crippen LogP contribution in [0.25, 0.3) is 0 Å². The van der Waals surface area contributed by atoms with Gasteiger partial charge in [0.05, 0.1) is 0 Å². The minimum atomic E-state index is -0.400. The third-order valence-electron chi connectivity index (χ3n) is 4.97. The fourth-order valence-corrected chi connectivity index (χ4v) is 3.40. The normalized spacial score (nSPS) is 10.8. The Hall–Kier alpha value is -1.02. The molecule has 0 saturated carbocycles. The number of unbranched alkanes of at least 4 members (excludes halogenated alkanes) is 13. The maximum absolute atomic E-state index is 11.0. The quantitative estimate of drug-likeness (QED) is 0.219. The Morgan fingerprint density at radius 3 is 1.58 bits per heavy atom. The van der Waals surface area contributed by atoms with Crippen LogP contribution in [-0.2, 0) is 0 Å². The van der Waals surface area contributed by atoms with Crippen molar-refractivity contribution in [3.8, 4) is 0 Å². The number of carbonyl (C=O) groups excluding carboxylic acids is 1. The molecule has 0 aliphatic heterocycles. The second-order valence-electron chi connectivity index (χ2n) is 7.37. The molecule has 0 atom stereocenters. The summed E-state index contributed by atoms with van der Waals surface area (Å²) in [6.45, 7) is 3.27. The highest BCUT2D eigenvalue weighted by Crippen LogP contribution is 2.14. The maximum Gasteiger partial charge on any atom is 0.252 e. The molecule has 0 saturated heterocycles. The number of halogens is 1. The van der Waals surface area contributed by atoms with Gasteiger partial charge in [0, 0.05) is 17.8 Å². The van der Waals surface area contributed by atoms with E-state index in [2.05, 4.69) is 12.2 Å². The zero-order valence-electron chi connectivity index (χ0n) is 16.7. The Morgan fingerprint density at radius 2 is 1.15 bits per heavy atom. The van der Waals surface area contributed by atoms with Gasteiger partial charge < -0.3 is 5.32 Å². The summed E-state index contributed by atoms with van der Waals surface area (Å²) in [6.07, 6.45) is 19.4. The Morgan fingerprint density at radius 1 is 0.731 bits per heavy atom. The van der Waals surface area contributed by atoms with E-state index in [1.165, 1.54) is 89.9 Å². The third kappa shape index (κ3) is 12.4. The van der Waals surface area contributed by atoms with Crippen LogP contribution in [0.5, 0.6) is 0 Å². The van der Waals surface area contributed by atoms with Crippen molar-refractivity contribution in [2.45, 2.75) is 96.8 Å². The van der Waals surface area contributed by atoms with Crippen molar-refractivity contribution in [1.29, 1.82) is 0 Å². The Bertz CT molecular complexity index is 458. The van der Waals surface area contributed by atoms with E-state index in [0.29, 0.717) is 5.56 Å². The first-order chi connectivity index (χ1) is 12.7. The molecule has 1 aromatic carbocycles. The van der Waals surface area contributed by atoms with E-state index < -0.39 is 5.24 Å². The Balaban J connectivity index is 1.83. The maximum atomic E-state index is 11.0. The molecule has 0 heterocycles. The molecule has 148 valence electrons. The van der Waals surface area contributed by atoms with Crippen molar-refractivity contribution in [2.75, 3.05) is 11.9 Å². The number of hydrogen-bond donors (Lipinski definition) is 1. The topological polar surface area (TPSA) is 29.1 Å². The van der Waals surface area contributed by atoms with Crippen LogP contribution in [0.3, 0.4) is 0 Å². The van der Waals surface area contributed by atoms with Crippen molar-refractivity contribution in [1.82, 2.24) is 0 Å². The van der Waals surface area contributed by atoms with Gasteiger partial charge >= 0.3 is 0 Å². The standard InChI is InChI=1S/C23H38ClNO/c1-2-3-4-5-6-7-8-9-10-11-12-13-14-15-20-25-22-18-16-21(17-19-22)23(24)26/h16-19,25H,2-15,20H2,1H3. The molecule has 0 unspecified atom stereocenters. The smallest absolute Gasteiger partial charge is 0.252 e. The summed E-state index contributed by atoms with van der Waals surface area (Å²) in [5, 5.41) is 3.00. The van der Waals surface area contributed by atoms with Crippen molar-refractivity contribution in [2.24, 2.45) is 0 Å². The summed E-state index contributed by atoms with van der Waals surface area (Å²) in [6, 6.07) is 7.37. The Labute approximate surface area is 166 Å². The average Bonchev–Trinajstić information content (AvgIpc) is 2.65. The van der Waals surface area contributed by atoms with E-state index in [0.717, 1.165) is 12.2 Å². The van der Waals surface area contributed by atoms with Gasteiger partial charge in [-0.25, -0.2) is 0 Å². The fraction of sp³-hybridized carbons (Fsp3) is 0.696. The molecule has 3 heteroatoms. The van der Waals surface area contributed by atoms with Crippen LogP contribution in [0.2, 0.25) is 0 Å². The number of hydrogen-bond acceptors (Lipinski definition) is 2. The van der Waals surface area contributed by atoms with Crippen LogP contribution in [-0.4, -0.2) is 11.8 Å². The fourth-order valence-electron chi connectivity index (χ4n) is 3.27. The summed E-state index contributed by atoms with van der Waals surface area (Å²) in [7, 11) is 0. The summed E-state index contributed by atoms with van der Waals surface area (Å²) in [5.74, 6) is 0. The first-order valence-electron chi connectivity index (χ1n) is 10.8. The van der Waals surface area contributed by atoms with Crippen LogP contribution in [0.1, 0.15) is 107 Å². The first kappa shape index (κ1) is 23.0. The monoisotopic (exact) mass is 379 g/mol.